The molecule has 8 heteroatoms. The number of hydrogen-bond donors (Lipinski definition) is 2. The average Bonchev–Trinajstić information content (AvgIpc) is 3.14. The molecule has 0 unspecified atom stereocenters. The summed E-state index contributed by atoms with van der Waals surface area (Å²) in [5.41, 5.74) is 1.10. The highest BCUT2D eigenvalue weighted by Crippen LogP contribution is 2.27. The molecule has 3 aromatic heterocycles. The topological polar surface area (TPSA) is 92.7 Å². The smallest absolute Gasteiger partial charge is 0.252 e. The molecular weight excluding hydrogens is 326 g/mol. The summed E-state index contributed by atoms with van der Waals surface area (Å²) in [5.74, 6) is 0.603. The van der Waals surface area contributed by atoms with Gasteiger partial charge in [-0.2, -0.15) is 9.78 Å². The molecule has 0 saturated heterocycles. The fourth-order valence-corrected chi connectivity index (χ4v) is 2.90. The second-order valence-corrected chi connectivity index (χ2v) is 6.58. The van der Waals surface area contributed by atoms with E-state index in [0.29, 0.717) is 17.2 Å². The number of anilines is 1. The molecule has 3 rings (SSSR count). The first-order valence-corrected chi connectivity index (χ1v) is 8.35. The second-order valence-electron chi connectivity index (χ2n) is 5.63. The van der Waals surface area contributed by atoms with Gasteiger partial charge >= 0.3 is 0 Å². The van der Waals surface area contributed by atoms with Crippen molar-refractivity contribution < 1.29 is 4.79 Å². The van der Waals surface area contributed by atoms with Crippen LogP contribution in [0.5, 0.6) is 0 Å². The second kappa shape index (κ2) is 6.40. The first-order valence-electron chi connectivity index (χ1n) is 7.47. The molecule has 0 bridgehead atoms. The third-order valence-corrected chi connectivity index (χ3v) is 4.22. The molecule has 0 radical (unpaired) electrons. The Bertz CT molecular complexity index is 924. The molecule has 3 heterocycles. The van der Waals surface area contributed by atoms with Crippen molar-refractivity contribution in [3.63, 3.8) is 0 Å². The molecule has 24 heavy (non-hydrogen) atoms. The number of nitrogens with one attached hydrogen (secondary N) is 2. The maximum atomic E-state index is 11.9. The van der Waals surface area contributed by atoms with Gasteiger partial charge in [0.25, 0.3) is 5.56 Å². The van der Waals surface area contributed by atoms with Crippen LogP contribution in [0.25, 0.3) is 16.5 Å². The zero-order valence-corrected chi connectivity index (χ0v) is 14.3. The summed E-state index contributed by atoms with van der Waals surface area (Å²) in [6.07, 6.45) is 0. The van der Waals surface area contributed by atoms with Gasteiger partial charge in [0.15, 0.2) is 0 Å². The number of nitrogens with zero attached hydrogens (tertiary/aromatic N) is 3. The Labute approximate surface area is 142 Å². The lowest BCUT2D eigenvalue weighted by Gasteiger charge is -2.09. The zero-order chi connectivity index (χ0) is 17.3. The van der Waals surface area contributed by atoms with Gasteiger partial charge in [-0.3, -0.25) is 14.6 Å². The summed E-state index contributed by atoms with van der Waals surface area (Å²) in [6.45, 7) is 5.34. The Hall–Kier alpha value is -2.74. The van der Waals surface area contributed by atoms with Crippen LogP contribution in [0.4, 0.5) is 5.82 Å². The van der Waals surface area contributed by atoms with Crippen LogP contribution in [0.1, 0.15) is 32.4 Å². The predicted molar refractivity (Wildman–Crippen MR) is 93.7 cm³/mol. The summed E-state index contributed by atoms with van der Waals surface area (Å²) >= 11 is 1.54. The van der Waals surface area contributed by atoms with Gasteiger partial charge in [-0.1, -0.05) is 19.9 Å². The van der Waals surface area contributed by atoms with Crippen molar-refractivity contribution in [1.82, 2.24) is 19.7 Å². The predicted octanol–water partition coefficient (Wildman–Crippen LogP) is 2.77. The Balaban J connectivity index is 2.15. The Morgan fingerprint density at radius 1 is 1.38 bits per heavy atom. The largest absolute Gasteiger partial charge is 0.311 e. The van der Waals surface area contributed by atoms with Crippen LogP contribution >= 0.6 is 11.3 Å². The monoisotopic (exact) mass is 343 g/mol. The number of carbonyl (C=O) groups excluding carboxylic acids is 1. The lowest BCUT2D eigenvalue weighted by Crippen LogP contribution is -2.18. The van der Waals surface area contributed by atoms with Gasteiger partial charge in [0.05, 0.1) is 10.6 Å². The molecule has 3 aromatic rings. The van der Waals surface area contributed by atoms with E-state index in [0.717, 1.165) is 4.88 Å². The first kappa shape index (κ1) is 16.1. The number of aromatic nitrogens is 4. The van der Waals surface area contributed by atoms with Crippen LogP contribution in [-0.4, -0.2) is 25.7 Å². The molecule has 0 aliphatic heterocycles. The van der Waals surface area contributed by atoms with Crippen molar-refractivity contribution >= 4 is 23.1 Å². The van der Waals surface area contributed by atoms with Crippen LogP contribution in [-0.2, 0) is 4.79 Å². The average molecular weight is 343 g/mol. The molecule has 1 amide bonds. The molecule has 0 aliphatic carbocycles. The van der Waals surface area contributed by atoms with E-state index < -0.39 is 0 Å². The summed E-state index contributed by atoms with van der Waals surface area (Å²) in [5, 5.41) is 9.17. The molecule has 7 nitrogen and oxygen atoms in total. The van der Waals surface area contributed by atoms with Gasteiger partial charge < -0.3 is 5.32 Å². The van der Waals surface area contributed by atoms with Gasteiger partial charge in [-0.25, -0.2) is 4.98 Å². The van der Waals surface area contributed by atoms with Crippen LogP contribution in [0.2, 0.25) is 0 Å². The summed E-state index contributed by atoms with van der Waals surface area (Å²) in [4.78, 5) is 31.5. The highest BCUT2D eigenvalue weighted by atomic mass is 32.1. The third-order valence-electron chi connectivity index (χ3n) is 3.33. The molecule has 0 fully saturated rings. The maximum Gasteiger partial charge on any atom is 0.252 e. The molecule has 124 valence electrons. The molecule has 0 aromatic carbocycles. The van der Waals surface area contributed by atoms with E-state index in [1.54, 1.807) is 17.4 Å². The van der Waals surface area contributed by atoms with Crippen LogP contribution < -0.4 is 10.9 Å². The van der Waals surface area contributed by atoms with E-state index in [2.05, 4.69) is 20.4 Å². The number of amides is 1. The Kier molecular flexibility index (Phi) is 4.30. The minimum absolute atomic E-state index is 0.0996. The van der Waals surface area contributed by atoms with Crippen molar-refractivity contribution in [1.29, 1.82) is 0 Å². The normalized spacial score (nSPS) is 11.0. The first-order chi connectivity index (χ1) is 11.4. The quantitative estimate of drug-likeness (QED) is 0.762. The van der Waals surface area contributed by atoms with Crippen molar-refractivity contribution in [2.24, 2.45) is 0 Å². The number of rotatable bonds is 4. The molecule has 0 saturated carbocycles. The van der Waals surface area contributed by atoms with Crippen molar-refractivity contribution in [2.75, 3.05) is 5.32 Å². The number of aromatic amines is 1. The van der Waals surface area contributed by atoms with Gasteiger partial charge in [0, 0.05) is 19.1 Å². The van der Waals surface area contributed by atoms with E-state index >= 15 is 0 Å². The number of hydrogen-bond acceptors (Lipinski definition) is 5. The summed E-state index contributed by atoms with van der Waals surface area (Å²) < 4.78 is 1.45. The highest BCUT2D eigenvalue weighted by molar-refractivity contribution is 7.13. The van der Waals surface area contributed by atoms with E-state index in [-0.39, 0.29) is 23.3 Å². The molecule has 0 spiro atoms. The summed E-state index contributed by atoms with van der Waals surface area (Å²) in [7, 11) is 0. The van der Waals surface area contributed by atoms with Crippen molar-refractivity contribution in [3.05, 3.63) is 45.7 Å². The van der Waals surface area contributed by atoms with Gasteiger partial charge in [0.1, 0.15) is 11.5 Å². The van der Waals surface area contributed by atoms with E-state index in [9.17, 15) is 9.59 Å². The number of carbonyl (C=O) groups is 1. The van der Waals surface area contributed by atoms with Crippen molar-refractivity contribution in [2.45, 2.75) is 26.7 Å². The zero-order valence-electron chi connectivity index (χ0n) is 13.5. The Morgan fingerprint density at radius 3 is 2.79 bits per heavy atom. The highest BCUT2D eigenvalue weighted by Gasteiger charge is 2.16. The standard InChI is InChI=1S/C16H17N5O2S/c1-9(2)11-8-15(23)19-16(18-11)21-14(17-10(3)22)7-12(20-21)13-5-4-6-24-13/h4-9H,1-3H3,(H,17,22)(H,18,19,23). The lowest BCUT2D eigenvalue weighted by molar-refractivity contribution is -0.114. The van der Waals surface area contributed by atoms with E-state index in [1.807, 2.05) is 31.4 Å². The fraction of sp³-hybridized carbons (Fsp3) is 0.250. The van der Waals surface area contributed by atoms with Crippen LogP contribution in [0, 0.1) is 0 Å². The number of H-pyrrole nitrogens is 1. The van der Waals surface area contributed by atoms with E-state index in [4.69, 9.17) is 0 Å². The molecule has 2 N–H and O–H groups in total. The third kappa shape index (κ3) is 3.28. The molecule has 0 aliphatic rings. The SMILES string of the molecule is CC(=O)Nc1cc(-c2cccs2)nn1-c1nc(C(C)C)cc(=O)[nH]1. The Morgan fingerprint density at radius 2 is 2.17 bits per heavy atom. The van der Waals surface area contributed by atoms with Gasteiger partial charge in [-0.15, -0.1) is 11.3 Å². The maximum absolute atomic E-state index is 11.9. The van der Waals surface area contributed by atoms with Gasteiger partial charge in [0.2, 0.25) is 11.9 Å². The molecular formula is C16H17N5O2S. The minimum Gasteiger partial charge on any atom is -0.311 e. The lowest BCUT2D eigenvalue weighted by atomic mass is 10.1. The number of thiophene rings is 1. The van der Waals surface area contributed by atoms with E-state index in [1.165, 1.54) is 17.7 Å². The summed E-state index contributed by atoms with van der Waals surface area (Å²) in [6, 6.07) is 7.09. The van der Waals surface area contributed by atoms with Crippen LogP contribution in [0.3, 0.4) is 0 Å². The fourth-order valence-electron chi connectivity index (χ4n) is 2.22. The van der Waals surface area contributed by atoms with Crippen molar-refractivity contribution in [3.8, 4) is 16.5 Å². The molecule has 0 atom stereocenters. The van der Waals surface area contributed by atoms with Gasteiger partial charge in [-0.05, 0) is 17.4 Å². The van der Waals surface area contributed by atoms with Crippen LogP contribution in [0.15, 0.2) is 34.4 Å². The minimum atomic E-state index is -0.259.